The number of anilines is 1. The number of nitrogens with one attached hydrogen (secondary N) is 1. The van der Waals surface area contributed by atoms with Crippen molar-refractivity contribution in [3.63, 3.8) is 0 Å². The number of rotatable bonds is 4. The Hall–Kier alpha value is -3.03. The number of carbonyl (C=O) groups excluding carboxylic acids is 2. The molecule has 3 rings (SSSR count). The highest BCUT2D eigenvalue weighted by atomic mass is 19.1. The average molecular weight is 343 g/mol. The molecule has 130 valence electrons. The van der Waals surface area contributed by atoms with Crippen LogP contribution in [0.1, 0.15) is 28.2 Å². The molecule has 7 nitrogen and oxygen atoms in total. The van der Waals surface area contributed by atoms with Crippen LogP contribution < -0.4 is 11.1 Å². The minimum atomic E-state index is -0.390. The second kappa shape index (κ2) is 6.84. The number of halogens is 1. The van der Waals surface area contributed by atoms with Gasteiger partial charge in [-0.05, 0) is 30.7 Å². The van der Waals surface area contributed by atoms with E-state index in [1.165, 1.54) is 12.1 Å². The van der Waals surface area contributed by atoms with E-state index in [0.29, 0.717) is 18.8 Å². The number of nitrogens with two attached hydrogens (primary N) is 1. The highest BCUT2D eigenvalue weighted by Crippen LogP contribution is 2.16. The highest BCUT2D eigenvalue weighted by molar-refractivity contribution is 5.93. The summed E-state index contributed by atoms with van der Waals surface area (Å²) in [7, 11) is 0. The summed E-state index contributed by atoms with van der Waals surface area (Å²) in [6, 6.07) is 7.23. The third kappa shape index (κ3) is 4.09. The molecule has 1 aliphatic heterocycles. The number of aromatic nitrogens is 2. The number of benzene rings is 1. The van der Waals surface area contributed by atoms with Crippen LogP contribution in [0.4, 0.5) is 10.3 Å². The predicted octanol–water partition coefficient (Wildman–Crippen LogP) is 1.04. The van der Waals surface area contributed by atoms with Crippen LogP contribution in [0, 0.1) is 12.7 Å². The van der Waals surface area contributed by atoms with Crippen molar-refractivity contribution in [1.82, 2.24) is 20.2 Å². The highest BCUT2D eigenvalue weighted by Gasteiger charge is 2.31. The number of aryl methyl sites for hydroxylation is 1. The maximum absolute atomic E-state index is 13.0. The molecular weight excluding hydrogens is 325 g/mol. The third-order valence-corrected chi connectivity index (χ3v) is 3.94. The number of likely N-dealkylation sites (tertiary alicyclic amines) is 1. The van der Waals surface area contributed by atoms with Crippen LogP contribution in [-0.4, -0.2) is 39.3 Å². The predicted molar refractivity (Wildman–Crippen MR) is 88.9 cm³/mol. The van der Waals surface area contributed by atoms with Crippen molar-refractivity contribution < 1.29 is 14.0 Å². The number of carbonyl (C=O) groups is 2. The van der Waals surface area contributed by atoms with Crippen molar-refractivity contribution >= 4 is 17.8 Å². The van der Waals surface area contributed by atoms with Gasteiger partial charge < -0.3 is 16.0 Å². The number of hydrogen-bond acceptors (Lipinski definition) is 5. The van der Waals surface area contributed by atoms with E-state index in [9.17, 15) is 14.0 Å². The van der Waals surface area contributed by atoms with Crippen LogP contribution in [0.15, 0.2) is 30.3 Å². The zero-order valence-corrected chi connectivity index (χ0v) is 13.7. The molecule has 0 saturated carbocycles. The van der Waals surface area contributed by atoms with Crippen molar-refractivity contribution in [2.75, 3.05) is 12.3 Å². The summed E-state index contributed by atoms with van der Waals surface area (Å²) in [5.74, 6) is -0.738. The van der Waals surface area contributed by atoms with E-state index in [4.69, 9.17) is 5.73 Å². The summed E-state index contributed by atoms with van der Waals surface area (Å²) < 4.78 is 13.0. The lowest BCUT2D eigenvalue weighted by Gasteiger charge is -2.17. The molecule has 1 fully saturated rings. The third-order valence-electron chi connectivity index (χ3n) is 3.94. The van der Waals surface area contributed by atoms with Crippen molar-refractivity contribution in [2.45, 2.75) is 25.9 Å². The van der Waals surface area contributed by atoms with Crippen LogP contribution in [0.5, 0.6) is 0 Å². The Bertz CT molecular complexity index is 789. The molecule has 0 aliphatic carbocycles. The lowest BCUT2D eigenvalue weighted by molar-refractivity contribution is -0.128. The monoisotopic (exact) mass is 343 g/mol. The van der Waals surface area contributed by atoms with Crippen molar-refractivity contribution in [1.29, 1.82) is 0 Å². The topological polar surface area (TPSA) is 101 Å². The largest absolute Gasteiger partial charge is 0.368 e. The van der Waals surface area contributed by atoms with E-state index in [2.05, 4.69) is 15.3 Å². The van der Waals surface area contributed by atoms with Crippen LogP contribution in [0.3, 0.4) is 0 Å². The lowest BCUT2D eigenvalue weighted by atomic mass is 10.2. The fraction of sp³-hybridized carbons (Fsp3) is 0.294. The Morgan fingerprint density at radius 1 is 1.36 bits per heavy atom. The van der Waals surface area contributed by atoms with E-state index in [1.54, 1.807) is 30.0 Å². The zero-order chi connectivity index (χ0) is 18.0. The first-order chi connectivity index (χ1) is 11.9. The quantitative estimate of drug-likeness (QED) is 0.864. The first-order valence-electron chi connectivity index (χ1n) is 7.85. The van der Waals surface area contributed by atoms with E-state index in [0.717, 1.165) is 5.56 Å². The molecule has 1 aliphatic rings. The van der Waals surface area contributed by atoms with Gasteiger partial charge in [-0.1, -0.05) is 12.1 Å². The number of nitrogen functional groups attached to an aromatic ring is 1. The van der Waals surface area contributed by atoms with Crippen LogP contribution in [0.25, 0.3) is 0 Å². The van der Waals surface area contributed by atoms with Crippen molar-refractivity contribution in [3.8, 4) is 0 Å². The van der Waals surface area contributed by atoms with E-state index < -0.39 is 5.91 Å². The Kier molecular flexibility index (Phi) is 4.60. The SMILES string of the molecule is Cc1cc(C(=O)N[C@@H]2CC(=O)N(Cc3ccc(F)cc3)C2)nc(N)n1. The minimum Gasteiger partial charge on any atom is -0.368 e. The summed E-state index contributed by atoms with van der Waals surface area (Å²) in [4.78, 5) is 33.9. The molecule has 2 aromatic rings. The molecule has 0 radical (unpaired) electrons. The molecule has 2 amide bonds. The molecule has 8 heteroatoms. The first-order valence-corrected chi connectivity index (χ1v) is 7.85. The molecule has 3 N–H and O–H groups in total. The summed E-state index contributed by atoms with van der Waals surface area (Å²) in [5.41, 5.74) is 7.16. The average Bonchev–Trinajstić information content (AvgIpc) is 2.88. The van der Waals surface area contributed by atoms with Gasteiger partial charge in [0.25, 0.3) is 5.91 Å². The number of amides is 2. The van der Waals surface area contributed by atoms with E-state index in [-0.39, 0.29) is 35.8 Å². The normalized spacial score (nSPS) is 17.0. The molecule has 2 heterocycles. The first kappa shape index (κ1) is 16.8. The van der Waals surface area contributed by atoms with E-state index >= 15 is 0 Å². The van der Waals surface area contributed by atoms with Gasteiger partial charge in [0, 0.05) is 25.2 Å². The summed E-state index contributed by atoms with van der Waals surface area (Å²) in [6.07, 6.45) is 0.215. The molecular formula is C17H18FN5O2. The second-order valence-electron chi connectivity index (χ2n) is 6.03. The van der Waals surface area contributed by atoms with Crippen LogP contribution in [0.2, 0.25) is 0 Å². The van der Waals surface area contributed by atoms with Gasteiger partial charge in [0.2, 0.25) is 11.9 Å². The number of hydrogen-bond donors (Lipinski definition) is 2. The van der Waals surface area contributed by atoms with Gasteiger partial charge in [-0.15, -0.1) is 0 Å². The molecule has 0 bridgehead atoms. The fourth-order valence-electron chi connectivity index (χ4n) is 2.80. The second-order valence-corrected chi connectivity index (χ2v) is 6.03. The van der Waals surface area contributed by atoms with Crippen molar-refractivity contribution in [3.05, 3.63) is 53.1 Å². The summed E-state index contributed by atoms with van der Waals surface area (Å²) in [5, 5.41) is 2.80. The Labute approximate surface area is 144 Å². The molecule has 0 unspecified atom stereocenters. The molecule has 1 aromatic carbocycles. The van der Waals surface area contributed by atoms with Gasteiger partial charge in [0.15, 0.2) is 0 Å². The van der Waals surface area contributed by atoms with Gasteiger partial charge in [0.05, 0.1) is 6.04 Å². The maximum atomic E-state index is 13.0. The van der Waals surface area contributed by atoms with Gasteiger partial charge in [0.1, 0.15) is 11.5 Å². The van der Waals surface area contributed by atoms with Crippen molar-refractivity contribution in [2.24, 2.45) is 0 Å². The zero-order valence-electron chi connectivity index (χ0n) is 13.7. The van der Waals surface area contributed by atoms with Crippen LogP contribution >= 0.6 is 0 Å². The molecule has 1 saturated heterocycles. The number of nitrogens with zero attached hydrogens (tertiary/aromatic N) is 3. The Balaban J connectivity index is 1.62. The minimum absolute atomic E-state index is 0.0329. The molecule has 0 spiro atoms. The fourth-order valence-corrected chi connectivity index (χ4v) is 2.80. The van der Waals surface area contributed by atoms with Gasteiger partial charge in [-0.2, -0.15) is 0 Å². The van der Waals surface area contributed by atoms with Gasteiger partial charge in [-0.25, -0.2) is 14.4 Å². The van der Waals surface area contributed by atoms with Crippen LogP contribution in [-0.2, 0) is 11.3 Å². The van der Waals surface area contributed by atoms with Gasteiger partial charge in [-0.3, -0.25) is 9.59 Å². The van der Waals surface area contributed by atoms with Gasteiger partial charge >= 0.3 is 0 Å². The summed E-state index contributed by atoms with van der Waals surface area (Å²) >= 11 is 0. The standard InChI is InChI=1S/C17H18FN5O2/c1-10-6-14(22-17(19)20-10)16(25)21-13-7-15(24)23(9-13)8-11-2-4-12(18)5-3-11/h2-6,13H,7-9H2,1H3,(H,21,25)(H2,19,20,22)/t13-/m1/s1. The Morgan fingerprint density at radius 2 is 2.08 bits per heavy atom. The van der Waals surface area contributed by atoms with E-state index in [1.807, 2.05) is 0 Å². The Morgan fingerprint density at radius 3 is 2.76 bits per heavy atom. The summed E-state index contributed by atoms with van der Waals surface area (Å²) in [6.45, 7) is 2.49. The lowest BCUT2D eigenvalue weighted by Crippen LogP contribution is -2.37. The molecule has 25 heavy (non-hydrogen) atoms. The molecule has 1 atom stereocenters. The maximum Gasteiger partial charge on any atom is 0.270 e. The molecule has 1 aromatic heterocycles. The smallest absolute Gasteiger partial charge is 0.270 e.